The first-order valence-electron chi connectivity index (χ1n) is 9.48. The van der Waals surface area contributed by atoms with Crippen LogP contribution in [0.5, 0.6) is 0 Å². The van der Waals surface area contributed by atoms with E-state index in [1.54, 1.807) is 48.5 Å². The van der Waals surface area contributed by atoms with Crippen LogP contribution in [0.4, 0.5) is 11.4 Å². The molecule has 156 valence electrons. The number of anilines is 2. The average Bonchev–Trinajstić information content (AvgIpc) is 3.29. The minimum absolute atomic E-state index is 0.0709. The lowest BCUT2D eigenvalue weighted by Crippen LogP contribution is -2.25. The van der Waals surface area contributed by atoms with Gasteiger partial charge >= 0.3 is 0 Å². The molecule has 4 aromatic rings. The number of aromatic nitrogens is 2. The summed E-state index contributed by atoms with van der Waals surface area (Å²) in [5.41, 5.74) is 1.56. The molecule has 0 atom stereocenters. The number of amides is 2. The van der Waals surface area contributed by atoms with Crippen molar-refractivity contribution in [2.45, 2.75) is 13.0 Å². The van der Waals surface area contributed by atoms with E-state index in [0.717, 1.165) is 0 Å². The molecule has 31 heavy (non-hydrogen) atoms. The van der Waals surface area contributed by atoms with Gasteiger partial charge in [0.25, 0.3) is 11.5 Å². The third-order valence-electron chi connectivity index (χ3n) is 4.60. The molecule has 0 spiro atoms. The average molecular weight is 451 g/mol. The van der Waals surface area contributed by atoms with Gasteiger partial charge in [0.1, 0.15) is 0 Å². The lowest BCUT2D eigenvalue weighted by atomic mass is 10.2. The molecule has 0 unspecified atom stereocenters. The maximum atomic E-state index is 12.7. The summed E-state index contributed by atoms with van der Waals surface area (Å²) < 4.78 is 1.66. The van der Waals surface area contributed by atoms with E-state index in [1.165, 1.54) is 15.9 Å². The number of hydrogen-bond acceptors (Lipinski definition) is 5. The van der Waals surface area contributed by atoms with Crippen LogP contribution < -0.4 is 16.2 Å². The van der Waals surface area contributed by atoms with Crippen LogP contribution in [-0.4, -0.2) is 21.4 Å². The van der Waals surface area contributed by atoms with Gasteiger partial charge in [-0.2, -0.15) is 0 Å². The fraction of sp³-hybridized carbons (Fsp3) is 0.0909. The van der Waals surface area contributed by atoms with Crippen molar-refractivity contribution in [1.29, 1.82) is 0 Å². The zero-order valence-corrected chi connectivity index (χ0v) is 17.9. The van der Waals surface area contributed by atoms with Gasteiger partial charge in [0.2, 0.25) is 5.91 Å². The van der Waals surface area contributed by atoms with E-state index < -0.39 is 0 Å². The van der Waals surface area contributed by atoms with Crippen molar-refractivity contribution >= 4 is 57.6 Å². The van der Waals surface area contributed by atoms with Gasteiger partial charge in [-0.3, -0.25) is 19.0 Å². The first kappa shape index (κ1) is 20.7. The summed E-state index contributed by atoms with van der Waals surface area (Å²) in [6, 6.07) is 17.5. The highest BCUT2D eigenvalue weighted by atomic mass is 32.1. The monoisotopic (exact) mass is 450 g/mol. The number of aromatic amines is 1. The number of hydrogen-bond donors (Lipinski definition) is 3. The molecule has 9 heteroatoms. The van der Waals surface area contributed by atoms with Crippen molar-refractivity contribution in [2.24, 2.45) is 0 Å². The molecule has 0 bridgehead atoms. The molecule has 2 aromatic heterocycles. The number of H-pyrrole nitrogens is 1. The highest BCUT2D eigenvalue weighted by Crippen LogP contribution is 2.18. The molecule has 0 radical (unpaired) electrons. The molecular weight excluding hydrogens is 432 g/mol. The van der Waals surface area contributed by atoms with Gasteiger partial charge < -0.3 is 15.6 Å². The van der Waals surface area contributed by atoms with Crippen molar-refractivity contribution in [3.05, 3.63) is 86.0 Å². The predicted octanol–water partition coefficient (Wildman–Crippen LogP) is 4.40. The van der Waals surface area contributed by atoms with Crippen LogP contribution in [0.25, 0.3) is 10.9 Å². The van der Waals surface area contributed by atoms with Crippen LogP contribution in [-0.2, 0) is 11.3 Å². The number of thiophene rings is 1. The molecule has 0 saturated heterocycles. The Bertz CT molecular complexity index is 1370. The summed E-state index contributed by atoms with van der Waals surface area (Å²) in [5, 5.41) is 7.94. The molecule has 0 aliphatic carbocycles. The number of benzene rings is 2. The number of para-hydroxylation sites is 1. The number of nitrogens with zero attached hydrogens (tertiary/aromatic N) is 1. The first-order chi connectivity index (χ1) is 15.0. The van der Waals surface area contributed by atoms with E-state index in [9.17, 15) is 14.4 Å². The minimum Gasteiger partial charge on any atom is -0.332 e. The van der Waals surface area contributed by atoms with Crippen LogP contribution in [0.2, 0.25) is 0 Å². The Hall–Kier alpha value is -3.56. The third kappa shape index (κ3) is 4.79. The van der Waals surface area contributed by atoms with Gasteiger partial charge in [0.15, 0.2) is 4.77 Å². The second-order valence-corrected chi connectivity index (χ2v) is 8.08. The van der Waals surface area contributed by atoms with Crippen molar-refractivity contribution in [1.82, 2.24) is 9.55 Å². The van der Waals surface area contributed by atoms with E-state index in [0.29, 0.717) is 27.2 Å². The topological polar surface area (TPSA) is 96.0 Å². The molecule has 2 heterocycles. The van der Waals surface area contributed by atoms with Crippen molar-refractivity contribution in [3.63, 3.8) is 0 Å². The molecule has 2 aromatic carbocycles. The molecule has 0 aliphatic rings. The van der Waals surface area contributed by atoms with Crippen molar-refractivity contribution in [2.75, 3.05) is 10.6 Å². The maximum Gasteiger partial charge on any atom is 0.265 e. The molecule has 2 amide bonds. The summed E-state index contributed by atoms with van der Waals surface area (Å²) >= 11 is 6.63. The Morgan fingerprint density at radius 1 is 1.00 bits per heavy atom. The van der Waals surface area contributed by atoms with Crippen LogP contribution in [0.15, 0.2) is 70.8 Å². The highest BCUT2D eigenvalue weighted by molar-refractivity contribution is 7.71. The summed E-state index contributed by atoms with van der Waals surface area (Å²) in [4.78, 5) is 40.9. The fourth-order valence-electron chi connectivity index (χ4n) is 3.11. The molecule has 0 aliphatic heterocycles. The zero-order valence-electron chi connectivity index (χ0n) is 16.3. The van der Waals surface area contributed by atoms with Crippen LogP contribution in [0.1, 0.15) is 16.1 Å². The summed E-state index contributed by atoms with van der Waals surface area (Å²) in [5.74, 6) is -0.473. The van der Waals surface area contributed by atoms with Crippen molar-refractivity contribution in [3.8, 4) is 0 Å². The fourth-order valence-corrected chi connectivity index (χ4v) is 4.02. The Balaban J connectivity index is 1.42. The lowest BCUT2D eigenvalue weighted by Gasteiger charge is -2.10. The standard InChI is InChI=1S/C22H18N4O3S2/c27-19(10-11-26-21(29)16-7-1-2-8-17(16)25-22(26)30)23-14-5-3-6-15(13-14)24-20(28)18-9-4-12-31-18/h1-9,12-13H,10-11H2,(H,23,27)(H,24,28)(H,25,30). The quantitative estimate of drug-likeness (QED) is 0.379. The lowest BCUT2D eigenvalue weighted by molar-refractivity contribution is -0.116. The van der Waals surface area contributed by atoms with Gasteiger partial charge in [-0.25, -0.2) is 0 Å². The molecule has 0 saturated carbocycles. The van der Waals surface area contributed by atoms with Gasteiger partial charge in [-0.05, 0) is 54.0 Å². The normalized spacial score (nSPS) is 10.7. The second-order valence-electron chi connectivity index (χ2n) is 6.74. The van der Waals surface area contributed by atoms with E-state index in [2.05, 4.69) is 15.6 Å². The Labute approximate surface area is 186 Å². The molecular formula is C22H18N4O3S2. The van der Waals surface area contributed by atoms with E-state index in [1.807, 2.05) is 17.5 Å². The maximum absolute atomic E-state index is 12.7. The second kappa shape index (κ2) is 9.07. The van der Waals surface area contributed by atoms with Gasteiger partial charge in [-0.15, -0.1) is 11.3 Å². The summed E-state index contributed by atoms with van der Waals surface area (Å²) in [6.07, 6.45) is 0.0709. The molecule has 7 nitrogen and oxygen atoms in total. The summed E-state index contributed by atoms with van der Waals surface area (Å²) in [6.45, 7) is 0.152. The number of carbonyl (C=O) groups excluding carboxylic acids is 2. The largest absolute Gasteiger partial charge is 0.332 e. The van der Waals surface area contributed by atoms with E-state index in [4.69, 9.17) is 12.2 Å². The van der Waals surface area contributed by atoms with Crippen LogP contribution in [0.3, 0.4) is 0 Å². The molecule has 3 N–H and O–H groups in total. The smallest absolute Gasteiger partial charge is 0.265 e. The summed E-state index contributed by atoms with van der Waals surface area (Å²) in [7, 11) is 0. The number of carbonyl (C=O) groups is 2. The van der Waals surface area contributed by atoms with Gasteiger partial charge in [0, 0.05) is 24.3 Å². The highest BCUT2D eigenvalue weighted by Gasteiger charge is 2.10. The Morgan fingerprint density at radius 3 is 2.55 bits per heavy atom. The predicted molar refractivity (Wildman–Crippen MR) is 125 cm³/mol. The van der Waals surface area contributed by atoms with Crippen molar-refractivity contribution < 1.29 is 9.59 Å². The minimum atomic E-state index is -0.267. The molecule has 0 fully saturated rings. The van der Waals surface area contributed by atoms with Gasteiger partial charge in [-0.1, -0.05) is 24.3 Å². The Kier molecular flexibility index (Phi) is 6.06. The van der Waals surface area contributed by atoms with Crippen LogP contribution in [0, 0.1) is 4.77 Å². The van der Waals surface area contributed by atoms with Gasteiger partial charge in [0.05, 0.1) is 15.8 Å². The number of nitrogens with one attached hydrogen (secondary N) is 3. The Morgan fingerprint density at radius 2 is 1.77 bits per heavy atom. The number of fused-ring (bicyclic) bond motifs is 1. The van der Waals surface area contributed by atoms with E-state index in [-0.39, 0.29) is 35.1 Å². The van der Waals surface area contributed by atoms with E-state index >= 15 is 0 Å². The SMILES string of the molecule is O=C(CCn1c(=S)[nH]c2ccccc2c1=O)Nc1cccc(NC(=O)c2cccs2)c1. The molecule has 4 rings (SSSR count). The zero-order chi connectivity index (χ0) is 21.8. The van der Waals surface area contributed by atoms with Crippen LogP contribution >= 0.6 is 23.6 Å². The number of rotatable bonds is 6. The third-order valence-corrected chi connectivity index (χ3v) is 5.79. The first-order valence-corrected chi connectivity index (χ1v) is 10.8.